The van der Waals surface area contributed by atoms with Gasteiger partial charge in [0.1, 0.15) is 5.82 Å². The van der Waals surface area contributed by atoms with Crippen LogP contribution in [0.25, 0.3) is 0 Å². The van der Waals surface area contributed by atoms with Gasteiger partial charge in [-0.25, -0.2) is 22.9 Å². The number of sulfone groups is 1. The highest BCUT2D eigenvalue weighted by molar-refractivity contribution is 7.91. The van der Waals surface area contributed by atoms with Crippen molar-refractivity contribution >= 4 is 27.5 Å². The molecule has 0 spiro atoms. The van der Waals surface area contributed by atoms with E-state index in [1.54, 1.807) is 13.0 Å². The number of halogens is 1. The summed E-state index contributed by atoms with van der Waals surface area (Å²) in [6, 6.07) is 10.9. The number of amides is 2. The second kappa shape index (κ2) is 10.6. The third kappa shape index (κ3) is 5.56. The van der Waals surface area contributed by atoms with E-state index in [0.717, 1.165) is 30.1 Å². The summed E-state index contributed by atoms with van der Waals surface area (Å²) in [4.78, 5) is 24.5. The molecule has 9 nitrogen and oxygen atoms in total. The third-order valence-electron chi connectivity index (χ3n) is 7.28. The van der Waals surface area contributed by atoms with Gasteiger partial charge in [0, 0.05) is 48.1 Å². The summed E-state index contributed by atoms with van der Waals surface area (Å²) in [7, 11) is -3.32. The molecule has 2 aromatic heterocycles. The number of rotatable bonds is 8. The van der Waals surface area contributed by atoms with Gasteiger partial charge in [-0.15, -0.1) is 0 Å². The fourth-order valence-electron chi connectivity index (χ4n) is 4.95. The van der Waals surface area contributed by atoms with E-state index in [0.29, 0.717) is 29.7 Å². The van der Waals surface area contributed by atoms with Crippen LogP contribution in [0.5, 0.6) is 0 Å². The van der Waals surface area contributed by atoms with Crippen LogP contribution in [-0.2, 0) is 16.4 Å². The smallest absolute Gasteiger partial charge is 0.317 e. The first-order chi connectivity index (χ1) is 18.2. The summed E-state index contributed by atoms with van der Waals surface area (Å²) >= 11 is 6.35. The van der Waals surface area contributed by atoms with E-state index < -0.39 is 9.84 Å². The molecule has 5 rings (SSSR count). The Hall–Kier alpha value is -2.98. The minimum Gasteiger partial charge on any atom is -0.332 e. The lowest BCUT2D eigenvalue weighted by atomic mass is 9.88. The van der Waals surface area contributed by atoms with Crippen LogP contribution in [0.2, 0.25) is 5.02 Å². The van der Waals surface area contributed by atoms with E-state index in [9.17, 15) is 13.2 Å². The van der Waals surface area contributed by atoms with E-state index in [2.05, 4.69) is 30.2 Å². The fraction of sp³-hybridized carbons (Fsp3) is 0.481. The fourth-order valence-corrected chi connectivity index (χ4v) is 5.97. The van der Waals surface area contributed by atoms with Gasteiger partial charge in [-0.05, 0) is 56.5 Å². The van der Waals surface area contributed by atoms with Crippen molar-refractivity contribution in [2.75, 3.05) is 18.8 Å². The van der Waals surface area contributed by atoms with Crippen molar-refractivity contribution in [3.05, 3.63) is 70.5 Å². The molecule has 1 N–H and O–H groups in total. The maximum absolute atomic E-state index is 13.3. The Labute approximate surface area is 228 Å². The number of benzene rings is 1. The highest BCUT2D eigenvalue weighted by Gasteiger charge is 2.41. The van der Waals surface area contributed by atoms with Crippen LogP contribution in [0.1, 0.15) is 80.3 Å². The highest BCUT2D eigenvalue weighted by Crippen LogP contribution is 2.43. The molecule has 1 aliphatic carbocycles. The van der Waals surface area contributed by atoms with Crippen molar-refractivity contribution < 1.29 is 13.2 Å². The quantitative estimate of drug-likeness (QED) is 0.431. The van der Waals surface area contributed by atoms with E-state index >= 15 is 0 Å². The molecule has 1 aromatic carbocycles. The lowest BCUT2D eigenvalue weighted by Crippen LogP contribution is -2.38. The zero-order chi connectivity index (χ0) is 27.0. The predicted octanol–water partition coefficient (Wildman–Crippen LogP) is 4.67. The first-order valence-electron chi connectivity index (χ1n) is 13.1. The molecule has 2 fully saturated rings. The van der Waals surface area contributed by atoms with E-state index in [-0.39, 0.29) is 41.1 Å². The normalized spacial score (nSPS) is 19.8. The maximum atomic E-state index is 13.3. The molecule has 1 saturated heterocycles. The number of urea groups is 1. The number of aromatic nitrogens is 4. The molecule has 38 heavy (non-hydrogen) atoms. The summed E-state index contributed by atoms with van der Waals surface area (Å²) in [5.41, 5.74) is 1.66. The summed E-state index contributed by atoms with van der Waals surface area (Å²) in [5, 5.41) is 8.45. The van der Waals surface area contributed by atoms with Crippen LogP contribution >= 0.6 is 11.6 Å². The molecule has 0 bridgehead atoms. The molecule has 202 valence electrons. The van der Waals surface area contributed by atoms with Crippen LogP contribution in [0.3, 0.4) is 0 Å². The lowest BCUT2D eigenvalue weighted by molar-refractivity contribution is 0.207. The van der Waals surface area contributed by atoms with Gasteiger partial charge in [0.15, 0.2) is 15.7 Å². The summed E-state index contributed by atoms with van der Waals surface area (Å²) < 4.78 is 26.1. The molecule has 2 unspecified atom stereocenters. The van der Waals surface area contributed by atoms with Crippen LogP contribution in [0.15, 0.2) is 47.5 Å². The molecular formula is C27H33ClN6O3S. The van der Waals surface area contributed by atoms with Gasteiger partial charge in [-0.3, -0.25) is 4.98 Å². The summed E-state index contributed by atoms with van der Waals surface area (Å²) in [6.45, 7) is 7.02. The molecule has 1 aliphatic heterocycles. The second-order valence-electron chi connectivity index (χ2n) is 10.4. The number of carbonyl (C=O) groups excluding carboxylic acids is 1. The number of pyridine rings is 1. The molecule has 3 heterocycles. The number of hydrogen-bond donors (Lipinski definition) is 1. The first kappa shape index (κ1) is 26.6. The van der Waals surface area contributed by atoms with Gasteiger partial charge in [0.25, 0.3) is 0 Å². The molecule has 2 aliphatic rings. The minimum atomic E-state index is -3.32. The number of likely N-dealkylation sites (tertiary alicyclic amines) is 1. The predicted molar refractivity (Wildman–Crippen MR) is 145 cm³/mol. The number of carbonyl (C=O) groups is 1. The number of nitrogens with zero attached hydrogens (tertiary/aromatic N) is 5. The Balaban J connectivity index is 1.36. The monoisotopic (exact) mass is 556 g/mol. The summed E-state index contributed by atoms with van der Waals surface area (Å²) in [6.07, 6.45) is 3.59. The SMILES string of the molecule is CCS(=O)(=O)c1ccc(CNC(=O)N2CC(c3cccc(Cl)c3)C(c3nc(C4CC4)nn3C(C)C)C2)nc1. The molecule has 2 atom stereocenters. The van der Waals surface area contributed by atoms with Gasteiger partial charge >= 0.3 is 6.03 Å². The van der Waals surface area contributed by atoms with Crippen molar-refractivity contribution in [2.45, 2.75) is 68.8 Å². The largest absolute Gasteiger partial charge is 0.332 e. The van der Waals surface area contributed by atoms with Crippen LogP contribution < -0.4 is 5.32 Å². The Morgan fingerprint density at radius 2 is 1.92 bits per heavy atom. The van der Waals surface area contributed by atoms with Crippen LogP contribution in [0, 0.1) is 0 Å². The van der Waals surface area contributed by atoms with Gasteiger partial charge in [0.05, 0.1) is 22.9 Å². The van der Waals surface area contributed by atoms with Crippen molar-refractivity contribution in [1.29, 1.82) is 0 Å². The highest BCUT2D eigenvalue weighted by atomic mass is 35.5. The molecule has 1 saturated carbocycles. The molecule has 3 aromatic rings. The average Bonchev–Trinajstić information content (AvgIpc) is 3.49. The Bertz CT molecular complexity index is 1420. The number of nitrogens with one attached hydrogen (secondary N) is 1. The molecular weight excluding hydrogens is 524 g/mol. The third-order valence-corrected chi connectivity index (χ3v) is 9.23. The average molecular weight is 557 g/mol. The first-order valence-corrected chi connectivity index (χ1v) is 15.1. The Morgan fingerprint density at radius 1 is 1.16 bits per heavy atom. The molecule has 2 amide bonds. The van der Waals surface area contributed by atoms with E-state index in [4.69, 9.17) is 21.7 Å². The molecule has 11 heteroatoms. The standard InChI is InChI=1S/C27H33ClN6O3S/c1-4-38(36,37)22-11-10-21(29-14-22)13-30-27(35)33-15-23(19-6-5-7-20(28)12-19)24(16-33)26-31-25(18-8-9-18)32-34(26)17(2)3/h5-7,10-12,14,17-18,23-24H,4,8-9,13,15-16H2,1-3H3,(H,30,35). The molecule has 0 radical (unpaired) electrons. The van der Waals surface area contributed by atoms with Crippen molar-refractivity contribution in [3.8, 4) is 0 Å². The van der Waals surface area contributed by atoms with E-state index in [1.165, 1.54) is 12.3 Å². The Morgan fingerprint density at radius 3 is 2.55 bits per heavy atom. The van der Waals surface area contributed by atoms with Crippen LogP contribution in [-0.4, -0.2) is 57.9 Å². The lowest BCUT2D eigenvalue weighted by Gasteiger charge is -2.20. The van der Waals surface area contributed by atoms with Gasteiger partial charge in [-0.1, -0.05) is 30.7 Å². The van der Waals surface area contributed by atoms with Gasteiger partial charge < -0.3 is 10.2 Å². The number of hydrogen-bond acceptors (Lipinski definition) is 6. The minimum absolute atomic E-state index is 0.0153. The van der Waals surface area contributed by atoms with Gasteiger partial charge in [-0.2, -0.15) is 5.10 Å². The maximum Gasteiger partial charge on any atom is 0.317 e. The topological polar surface area (TPSA) is 110 Å². The van der Waals surface area contributed by atoms with Gasteiger partial charge in [0.2, 0.25) is 0 Å². The van der Waals surface area contributed by atoms with Crippen molar-refractivity contribution in [2.24, 2.45) is 0 Å². The van der Waals surface area contributed by atoms with E-state index in [1.807, 2.05) is 27.8 Å². The second-order valence-corrected chi connectivity index (χ2v) is 13.1. The van der Waals surface area contributed by atoms with Crippen molar-refractivity contribution in [1.82, 2.24) is 30.0 Å². The Kier molecular flexibility index (Phi) is 7.46. The van der Waals surface area contributed by atoms with Crippen molar-refractivity contribution in [3.63, 3.8) is 0 Å². The summed E-state index contributed by atoms with van der Waals surface area (Å²) in [5.74, 6) is 2.26. The van der Waals surface area contributed by atoms with Crippen LogP contribution in [0.4, 0.5) is 4.79 Å². The zero-order valence-electron chi connectivity index (χ0n) is 21.8. The zero-order valence-corrected chi connectivity index (χ0v) is 23.4.